The topological polar surface area (TPSA) is 71.4 Å². The van der Waals surface area contributed by atoms with E-state index >= 15 is 0 Å². The predicted octanol–water partition coefficient (Wildman–Crippen LogP) is 3.93. The second-order valence-corrected chi connectivity index (χ2v) is 7.89. The molecule has 1 saturated heterocycles. The van der Waals surface area contributed by atoms with Gasteiger partial charge in [-0.1, -0.05) is 30.3 Å². The zero-order valence-electron chi connectivity index (χ0n) is 18.0. The van der Waals surface area contributed by atoms with E-state index in [0.717, 1.165) is 44.1 Å². The summed E-state index contributed by atoms with van der Waals surface area (Å²) in [5.74, 6) is -0.114. The first kappa shape index (κ1) is 21.4. The number of nitriles is 1. The molecule has 0 unspecified atom stereocenters. The number of amides is 1. The standard InChI is InChI=1S/C26H27N5O/c27-18-21-6-8-23(9-7-21)28-19-26(32)29-24-10-12-25(13-11-24)31-16-14-30(15-17-31)20-22-4-2-1-3-5-22/h1-13,28H,14-17,19-20H2,(H,29,32). The molecular weight excluding hydrogens is 398 g/mol. The van der Waals surface area contributed by atoms with E-state index < -0.39 is 0 Å². The Balaban J connectivity index is 1.22. The van der Waals surface area contributed by atoms with Crippen molar-refractivity contribution in [1.29, 1.82) is 5.26 Å². The van der Waals surface area contributed by atoms with E-state index in [0.29, 0.717) is 5.56 Å². The fraction of sp³-hybridized carbons (Fsp3) is 0.231. The zero-order chi connectivity index (χ0) is 22.2. The van der Waals surface area contributed by atoms with E-state index in [1.165, 1.54) is 11.3 Å². The number of hydrogen-bond donors (Lipinski definition) is 2. The quantitative estimate of drug-likeness (QED) is 0.600. The molecule has 0 bridgehead atoms. The van der Waals surface area contributed by atoms with Crippen molar-refractivity contribution >= 4 is 23.0 Å². The van der Waals surface area contributed by atoms with Crippen LogP contribution in [0.25, 0.3) is 0 Å². The van der Waals surface area contributed by atoms with Crippen molar-refractivity contribution in [2.24, 2.45) is 0 Å². The van der Waals surface area contributed by atoms with E-state index in [9.17, 15) is 4.79 Å². The summed E-state index contributed by atoms with van der Waals surface area (Å²) < 4.78 is 0. The second kappa shape index (κ2) is 10.5. The number of hydrogen-bond acceptors (Lipinski definition) is 5. The van der Waals surface area contributed by atoms with Crippen LogP contribution < -0.4 is 15.5 Å². The van der Waals surface area contributed by atoms with Crippen LogP contribution in [0.4, 0.5) is 17.1 Å². The summed E-state index contributed by atoms with van der Waals surface area (Å²) in [7, 11) is 0. The Kier molecular flexibility index (Phi) is 7.01. The Bertz CT molecular complexity index is 1050. The predicted molar refractivity (Wildman–Crippen MR) is 129 cm³/mol. The Hall–Kier alpha value is -3.82. The van der Waals surface area contributed by atoms with Gasteiger partial charge in [-0.3, -0.25) is 9.69 Å². The summed E-state index contributed by atoms with van der Waals surface area (Å²) in [4.78, 5) is 17.1. The van der Waals surface area contributed by atoms with Crippen molar-refractivity contribution < 1.29 is 4.79 Å². The molecule has 1 amide bonds. The van der Waals surface area contributed by atoms with Gasteiger partial charge in [-0.05, 0) is 54.1 Å². The summed E-state index contributed by atoms with van der Waals surface area (Å²) in [5.41, 5.74) is 4.72. The highest BCUT2D eigenvalue weighted by Crippen LogP contribution is 2.20. The number of rotatable bonds is 7. The molecule has 0 aliphatic carbocycles. The maximum Gasteiger partial charge on any atom is 0.243 e. The molecule has 1 aliphatic rings. The molecule has 6 heteroatoms. The molecule has 1 heterocycles. The van der Waals surface area contributed by atoms with Gasteiger partial charge < -0.3 is 15.5 Å². The van der Waals surface area contributed by atoms with Gasteiger partial charge in [0.15, 0.2) is 0 Å². The molecule has 4 rings (SSSR count). The van der Waals surface area contributed by atoms with E-state index in [2.05, 4.69) is 69.0 Å². The minimum atomic E-state index is -0.114. The molecule has 0 atom stereocenters. The van der Waals surface area contributed by atoms with Gasteiger partial charge in [-0.2, -0.15) is 5.26 Å². The van der Waals surface area contributed by atoms with Crippen LogP contribution in [-0.4, -0.2) is 43.5 Å². The van der Waals surface area contributed by atoms with Gasteiger partial charge in [-0.25, -0.2) is 0 Å². The normalized spacial score (nSPS) is 13.9. The lowest BCUT2D eigenvalue weighted by Crippen LogP contribution is -2.45. The van der Waals surface area contributed by atoms with Crippen molar-refractivity contribution in [3.8, 4) is 6.07 Å². The summed E-state index contributed by atoms with van der Waals surface area (Å²) in [6.07, 6.45) is 0. The minimum absolute atomic E-state index is 0.114. The number of anilines is 3. The van der Waals surface area contributed by atoms with Gasteiger partial charge in [0.2, 0.25) is 5.91 Å². The first-order valence-corrected chi connectivity index (χ1v) is 10.8. The van der Waals surface area contributed by atoms with Gasteiger partial charge in [0, 0.05) is 49.8 Å². The highest BCUT2D eigenvalue weighted by Gasteiger charge is 2.17. The number of carbonyl (C=O) groups excluding carboxylic acids is 1. The summed E-state index contributed by atoms with van der Waals surface area (Å²) in [6.45, 7) is 5.22. The number of carbonyl (C=O) groups is 1. The monoisotopic (exact) mass is 425 g/mol. The lowest BCUT2D eigenvalue weighted by Gasteiger charge is -2.36. The molecule has 6 nitrogen and oxygen atoms in total. The number of nitrogens with one attached hydrogen (secondary N) is 2. The van der Waals surface area contributed by atoms with Gasteiger partial charge in [0.05, 0.1) is 18.2 Å². The van der Waals surface area contributed by atoms with Gasteiger partial charge in [0.25, 0.3) is 0 Å². The lowest BCUT2D eigenvalue weighted by atomic mass is 10.2. The zero-order valence-corrected chi connectivity index (χ0v) is 18.0. The highest BCUT2D eigenvalue weighted by molar-refractivity contribution is 5.93. The SMILES string of the molecule is N#Cc1ccc(NCC(=O)Nc2ccc(N3CCN(Cc4ccccc4)CC3)cc2)cc1. The van der Waals surface area contributed by atoms with Crippen LogP contribution in [-0.2, 0) is 11.3 Å². The molecule has 3 aromatic rings. The van der Waals surface area contributed by atoms with Crippen molar-refractivity contribution in [2.75, 3.05) is 48.3 Å². The number of nitrogens with zero attached hydrogens (tertiary/aromatic N) is 3. The van der Waals surface area contributed by atoms with Crippen LogP contribution in [0.15, 0.2) is 78.9 Å². The molecule has 0 saturated carbocycles. The Morgan fingerprint density at radius 1 is 0.844 bits per heavy atom. The van der Waals surface area contributed by atoms with Crippen LogP contribution in [0.3, 0.4) is 0 Å². The lowest BCUT2D eigenvalue weighted by molar-refractivity contribution is -0.114. The van der Waals surface area contributed by atoms with Crippen LogP contribution in [0.1, 0.15) is 11.1 Å². The van der Waals surface area contributed by atoms with Crippen LogP contribution in [0.2, 0.25) is 0 Å². The maximum absolute atomic E-state index is 12.2. The first-order chi connectivity index (χ1) is 15.7. The van der Waals surface area contributed by atoms with Crippen molar-refractivity contribution in [3.05, 3.63) is 90.0 Å². The molecule has 2 N–H and O–H groups in total. The third kappa shape index (κ3) is 5.87. The van der Waals surface area contributed by atoms with Crippen LogP contribution in [0, 0.1) is 11.3 Å². The van der Waals surface area contributed by atoms with Crippen LogP contribution >= 0.6 is 0 Å². The third-order valence-corrected chi connectivity index (χ3v) is 5.60. The molecule has 0 spiro atoms. The van der Waals surface area contributed by atoms with E-state index in [1.54, 1.807) is 24.3 Å². The van der Waals surface area contributed by atoms with Gasteiger partial charge in [-0.15, -0.1) is 0 Å². The van der Waals surface area contributed by atoms with Crippen molar-refractivity contribution in [1.82, 2.24) is 4.90 Å². The average Bonchev–Trinajstić information content (AvgIpc) is 2.85. The minimum Gasteiger partial charge on any atom is -0.376 e. The fourth-order valence-corrected chi connectivity index (χ4v) is 3.81. The smallest absolute Gasteiger partial charge is 0.243 e. The number of piperazine rings is 1. The van der Waals surface area contributed by atoms with Crippen LogP contribution in [0.5, 0.6) is 0 Å². The molecule has 3 aromatic carbocycles. The first-order valence-electron chi connectivity index (χ1n) is 10.8. The van der Waals surface area contributed by atoms with E-state index in [-0.39, 0.29) is 12.5 Å². The molecule has 1 fully saturated rings. The molecule has 0 aromatic heterocycles. The second-order valence-electron chi connectivity index (χ2n) is 7.89. The van der Waals surface area contributed by atoms with Crippen molar-refractivity contribution in [2.45, 2.75) is 6.54 Å². The van der Waals surface area contributed by atoms with Crippen molar-refractivity contribution in [3.63, 3.8) is 0 Å². The fourth-order valence-electron chi connectivity index (χ4n) is 3.81. The van der Waals surface area contributed by atoms with E-state index in [4.69, 9.17) is 5.26 Å². The Morgan fingerprint density at radius 2 is 1.50 bits per heavy atom. The summed E-state index contributed by atoms with van der Waals surface area (Å²) in [5, 5.41) is 14.8. The Labute approximate surface area is 189 Å². The van der Waals surface area contributed by atoms with Gasteiger partial charge in [0.1, 0.15) is 0 Å². The highest BCUT2D eigenvalue weighted by atomic mass is 16.1. The maximum atomic E-state index is 12.2. The average molecular weight is 426 g/mol. The molecular formula is C26H27N5O. The number of benzene rings is 3. The molecule has 1 aliphatic heterocycles. The van der Waals surface area contributed by atoms with E-state index in [1.807, 2.05) is 12.1 Å². The summed E-state index contributed by atoms with van der Waals surface area (Å²) >= 11 is 0. The molecule has 32 heavy (non-hydrogen) atoms. The Morgan fingerprint density at radius 3 is 2.16 bits per heavy atom. The molecule has 162 valence electrons. The summed E-state index contributed by atoms with van der Waals surface area (Å²) in [6, 6.07) is 27.7. The third-order valence-electron chi connectivity index (χ3n) is 5.60. The molecule has 0 radical (unpaired) electrons. The van der Waals surface area contributed by atoms with Gasteiger partial charge >= 0.3 is 0 Å². The largest absolute Gasteiger partial charge is 0.376 e.